The predicted molar refractivity (Wildman–Crippen MR) is 339 cm³/mol. The SMILES string of the molecule is CC/C=C\C/C=C\C/C=C\C/C=C\C/C=C\C/C=C\C/C=C\C/C=C\C/C=C\CCCC(=O)OCC(COC(=O)CCCCCCCC)OC(=O)CCCCCCCCCCCCCCCCCCCCCCCCCCC. The first-order chi connectivity index (χ1) is 38.5. The summed E-state index contributed by atoms with van der Waals surface area (Å²) in [4.78, 5) is 38.0. The molecule has 0 aliphatic heterocycles. The third-order valence-electron chi connectivity index (χ3n) is 14.0. The van der Waals surface area contributed by atoms with Gasteiger partial charge in [0, 0.05) is 19.3 Å². The van der Waals surface area contributed by atoms with Gasteiger partial charge in [0.05, 0.1) is 0 Å². The van der Waals surface area contributed by atoms with Crippen LogP contribution in [-0.4, -0.2) is 37.2 Å². The van der Waals surface area contributed by atoms with Gasteiger partial charge in [-0.1, -0.05) is 316 Å². The van der Waals surface area contributed by atoms with Gasteiger partial charge < -0.3 is 14.2 Å². The minimum Gasteiger partial charge on any atom is -0.462 e. The summed E-state index contributed by atoms with van der Waals surface area (Å²) in [5, 5.41) is 0. The minimum atomic E-state index is -0.799. The van der Waals surface area contributed by atoms with Crippen LogP contribution < -0.4 is 0 Å². The van der Waals surface area contributed by atoms with E-state index >= 15 is 0 Å². The Labute approximate surface area is 482 Å². The molecule has 0 amide bonds. The van der Waals surface area contributed by atoms with E-state index in [-0.39, 0.29) is 37.5 Å². The highest BCUT2D eigenvalue weighted by atomic mass is 16.6. The molecule has 0 aromatic carbocycles. The number of unbranched alkanes of at least 4 members (excludes halogenated alkanes) is 30. The quantitative estimate of drug-likeness (QED) is 0.0261. The van der Waals surface area contributed by atoms with E-state index in [0.29, 0.717) is 19.3 Å². The molecule has 0 saturated carbocycles. The molecule has 0 fully saturated rings. The summed E-state index contributed by atoms with van der Waals surface area (Å²) in [7, 11) is 0. The maximum Gasteiger partial charge on any atom is 0.306 e. The Balaban J connectivity index is 4.18. The Bertz CT molecular complexity index is 1570. The average molecular weight is 1080 g/mol. The zero-order chi connectivity index (χ0) is 56.4. The monoisotopic (exact) mass is 1080 g/mol. The Morgan fingerprint density at radius 3 is 0.782 bits per heavy atom. The molecule has 0 spiro atoms. The molecule has 0 rings (SSSR count). The van der Waals surface area contributed by atoms with Crippen LogP contribution in [0.1, 0.15) is 310 Å². The number of rotatable bonds is 59. The van der Waals surface area contributed by atoms with Gasteiger partial charge in [-0.15, -0.1) is 0 Å². The molecule has 0 heterocycles. The van der Waals surface area contributed by atoms with Gasteiger partial charge in [-0.3, -0.25) is 14.4 Å². The molecule has 0 aromatic heterocycles. The van der Waals surface area contributed by atoms with Crippen LogP contribution in [0.3, 0.4) is 0 Å². The molecule has 1 atom stereocenters. The lowest BCUT2D eigenvalue weighted by atomic mass is 10.0. The molecule has 0 aromatic rings. The zero-order valence-corrected chi connectivity index (χ0v) is 51.2. The van der Waals surface area contributed by atoms with Crippen molar-refractivity contribution in [3.63, 3.8) is 0 Å². The average Bonchev–Trinajstić information content (AvgIpc) is 3.44. The van der Waals surface area contributed by atoms with Gasteiger partial charge in [0.1, 0.15) is 13.2 Å². The van der Waals surface area contributed by atoms with Crippen molar-refractivity contribution < 1.29 is 28.6 Å². The maximum absolute atomic E-state index is 12.9. The highest BCUT2D eigenvalue weighted by molar-refractivity contribution is 5.71. The molecule has 6 heteroatoms. The van der Waals surface area contributed by atoms with E-state index in [9.17, 15) is 14.4 Å². The standard InChI is InChI=1S/C72H122O6/c1-4-7-10-13-16-18-20-22-24-26-28-30-32-34-35-36-37-39-40-42-44-46-48-50-52-54-56-59-62-65-71(74)77-68-69(67-76-70(73)64-61-58-15-12-9-6-3)78-72(75)66-63-60-57-55-53-51-49-47-45-43-41-38-33-31-29-27-25-23-21-19-17-14-11-8-5-2/h7,10,16,18,22,24,28,30,34-35,37,39,42,44,48,50,54,56,69H,4-6,8-9,11-15,17,19-21,23,25-27,29,31-33,36,38,40-41,43,45-47,49,51-53,55,57-68H2,1-3H3/b10-7-,18-16-,24-22-,30-28-,35-34-,39-37-,44-42-,50-48-,56-54-. The van der Waals surface area contributed by atoms with Crippen molar-refractivity contribution in [1.82, 2.24) is 0 Å². The molecule has 0 bridgehead atoms. The van der Waals surface area contributed by atoms with Crippen molar-refractivity contribution in [2.75, 3.05) is 13.2 Å². The predicted octanol–water partition coefficient (Wildman–Crippen LogP) is 22.6. The first kappa shape index (κ1) is 74.1. The minimum absolute atomic E-state index is 0.0946. The van der Waals surface area contributed by atoms with Gasteiger partial charge in [0.15, 0.2) is 6.10 Å². The van der Waals surface area contributed by atoms with E-state index in [1.807, 2.05) is 0 Å². The van der Waals surface area contributed by atoms with Gasteiger partial charge in [-0.2, -0.15) is 0 Å². The van der Waals surface area contributed by atoms with E-state index in [1.54, 1.807) is 0 Å². The van der Waals surface area contributed by atoms with Crippen molar-refractivity contribution in [3.05, 3.63) is 109 Å². The summed E-state index contributed by atoms with van der Waals surface area (Å²) in [6.45, 7) is 6.44. The lowest BCUT2D eigenvalue weighted by molar-refractivity contribution is -0.167. The van der Waals surface area contributed by atoms with Gasteiger partial charge in [0.2, 0.25) is 0 Å². The van der Waals surface area contributed by atoms with E-state index in [2.05, 4.69) is 130 Å². The highest BCUT2D eigenvalue weighted by Gasteiger charge is 2.19. The number of carbonyl (C=O) groups excluding carboxylic acids is 3. The summed E-state index contributed by atoms with van der Waals surface area (Å²) in [5.74, 6) is -0.958. The molecule has 0 radical (unpaired) electrons. The van der Waals surface area contributed by atoms with Crippen LogP contribution in [0.25, 0.3) is 0 Å². The zero-order valence-electron chi connectivity index (χ0n) is 51.2. The first-order valence-corrected chi connectivity index (χ1v) is 32.9. The summed E-state index contributed by atoms with van der Waals surface area (Å²) >= 11 is 0. The molecule has 78 heavy (non-hydrogen) atoms. The Kier molecular flexibility index (Phi) is 62.3. The van der Waals surface area contributed by atoms with Crippen LogP contribution in [0.4, 0.5) is 0 Å². The Morgan fingerprint density at radius 1 is 0.269 bits per heavy atom. The molecular formula is C72H122O6. The van der Waals surface area contributed by atoms with E-state index < -0.39 is 6.10 Å². The number of ether oxygens (including phenoxy) is 3. The summed E-state index contributed by atoms with van der Waals surface area (Å²) in [6.07, 6.45) is 90.1. The van der Waals surface area contributed by atoms with Crippen LogP contribution in [-0.2, 0) is 28.6 Å². The molecule has 0 N–H and O–H groups in total. The molecule has 0 saturated heterocycles. The number of allylic oxidation sites excluding steroid dienone is 18. The van der Waals surface area contributed by atoms with Gasteiger partial charge in [0.25, 0.3) is 0 Å². The lowest BCUT2D eigenvalue weighted by Crippen LogP contribution is -2.30. The second-order valence-corrected chi connectivity index (χ2v) is 21.7. The van der Waals surface area contributed by atoms with Crippen molar-refractivity contribution in [1.29, 1.82) is 0 Å². The van der Waals surface area contributed by atoms with Crippen LogP contribution in [0.15, 0.2) is 109 Å². The second kappa shape index (κ2) is 65.6. The third-order valence-corrected chi connectivity index (χ3v) is 14.0. The van der Waals surface area contributed by atoms with E-state index in [1.165, 1.54) is 161 Å². The van der Waals surface area contributed by atoms with Crippen LogP contribution in [0, 0.1) is 0 Å². The molecule has 446 valence electrons. The smallest absolute Gasteiger partial charge is 0.306 e. The fourth-order valence-corrected chi connectivity index (χ4v) is 9.15. The van der Waals surface area contributed by atoms with Gasteiger partial charge >= 0.3 is 17.9 Å². The van der Waals surface area contributed by atoms with Gasteiger partial charge in [-0.05, 0) is 83.5 Å². The van der Waals surface area contributed by atoms with Crippen LogP contribution in [0.2, 0.25) is 0 Å². The fraction of sp³-hybridized carbons (Fsp3) is 0.708. The number of carbonyl (C=O) groups is 3. The lowest BCUT2D eigenvalue weighted by Gasteiger charge is -2.18. The van der Waals surface area contributed by atoms with Crippen molar-refractivity contribution in [3.8, 4) is 0 Å². The van der Waals surface area contributed by atoms with E-state index in [0.717, 1.165) is 103 Å². The summed E-state index contributed by atoms with van der Waals surface area (Å²) < 4.78 is 16.8. The fourth-order valence-electron chi connectivity index (χ4n) is 9.15. The van der Waals surface area contributed by atoms with Crippen LogP contribution in [0.5, 0.6) is 0 Å². The third kappa shape index (κ3) is 62.9. The van der Waals surface area contributed by atoms with Crippen molar-refractivity contribution >= 4 is 17.9 Å². The molecular weight excluding hydrogens is 961 g/mol. The topological polar surface area (TPSA) is 78.9 Å². The number of esters is 3. The summed E-state index contributed by atoms with van der Waals surface area (Å²) in [5.41, 5.74) is 0. The molecule has 0 aliphatic rings. The molecule has 1 unspecified atom stereocenters. The van der Waals surface area contributed by atoms with Crippen LogP contribution >= 0.6 is 0 Å². The highest BCUT2D eigenvalue weighted by Crippen LogP contribution is 2.17. The first-order valence-electron chi connectivity index (χ1n) is 32.9. The van der Waals surface area contributed by atoms with Crippen molar-refractivity contribution in [2.45, 2.75) is 316 Å². The second-order valence-electron chi connectivity index (χ2n) is 21.7. The maximum atomic E-state index is 12.9. The van der Waals surface area contributed by atoms with E-state index in [4.69, 9.17) is 14.2 Å². The summed E-state index contributed by atoms with van der Waals surface area (Å²) in [6, 6.07) is 0. The van der Waals surface area contributed by atoms with Gasteiger partial charge in [-0.25, -0.2) is 0 Å². The largest absolute Gasteiger partial charge is 0.462 e. The number of hydrogen-bond acceptors (Lipinski definition) is 6. The molecule has 6 nitrogen and oxygen atoms in total. The Hall–Kier alpha value is -3.93. The molecule has 0 aliphatic carbocycles. The number of hydrogen-bond donors (Lipinski definition) is 0. The Morgan fingerprint density at radius 2 is 0.500 bits per heavy atom. The normalized spacial score (nSPS) is 12.8. The van der Waals surface area contributed by atoms with Crippen molar-refractivity contribution in [2.24, 2.45) is 0 Å².